The van der Waals surface area contributed by atoms with E-state index in [1.807, 2.05) is 0 Å². The molecule has 1 rings (SSSR count). The van der Waals surface area contributed by atoms with Crippen molar-refractivity contribution in [2.24, 2.45) is 0 Å². The van der Waals surface area contributed by atoms with Gasteiger partial charge in [0.05, 0.1) is 4.92 Å². The lowest BCUT2D eigenvalue weighted by atomic mass is 10.2. The molecular weight excluding hydrogens is 312 g/mol. The smallest absolute Gasteiger partial charge is 0.269 e. The van der Waals surface area contributed by atoms with Gasteiger partial charge in [-0.25, -0.2) is 0 Å². The number of nitrogens with one attached hydrogen (secondary N) is 1. The lowest BCUT2D eigenvalue weighted by Crippen LogP contribution is -2.28. The van der Waals surface area contributed by atoms with E-state index in [-0.39, 0.29) is 17.9 Å². The molecule has 0 spiro atoms. The monoisotopic (exact) mass is 334 g/mol. The van der Waals surface area contributed by atoms with Gasteiger partial charge in [-0.1, -0.05) is 11.8 Å². The molecule has 0 heterocycles. The second-order valence-corrected chi connectivity index (χ2v) is 5.00. The third-order valence-corrected chi connectivity index (χ3v) is 3.24. The van der Waals surface area contributed by atoms with E-state index in [0.29, 0.717) is 32.2 Å². The fraction of sp³-hybridized carbons (Fsp3) is 0.471. The molecule has 0 saturated carbocycles. The van der Waals surface area contributed by atoms with Crippen LogP contribution in [-0.4, -0.2) is 37.9 Å². The van der Waals surface area contributed by atoms with Gasteiger partial charge >= 0.3 is 0 Å². The van der Waals surface area contributed by atoms with Gasteiger partial charge in [-0.2, -0.15) is 0 Å². The van der Waals surface area contributed by atoms with Crippen molar-refractivity contribution in [1.82, 2.24) is 5.32 Å². The molecule has 1 aromatic carbocycles. The van der Waals surface area contributed by atoms with Crippen LogP contribution in [0.15, 0.2) is 24.3 Å². The number of benzene rings is 1. The fourth-order valence-electron chi connectivity index (χ4n) is 1.92. The molecule has 1 aromatic rings. The van der Waals surface area contributed by atoms with Crippen molar-refractivity contribution in [3.63, 3.8) is 0 Å². The highest BCUT2D eigenvalue weighted by atomic mass is 16.7. The molecule has 0 aromatic heterocycles. The van der Waals surface area contributed by atoms with Crippen LogP contribution in [-0.2, 0) is 14.3 Å². The van der Waals surface area contributed by atoms with Crippen LogP contribution in [0.1, 0.15) is 31.2 Å². The highest BCUT2D eigenvalue weighted by Gasteiger charge is 2.06. The SMILES string of the molecule is COC(CCNC(=O)CCCC#Cc1ccc([N+](=O)[O-])cc1)OC. The normalized spacial score (nSPS) is 10.1. The summed E-state index contributed by atoms with van der Waals surface area (Å²) in [5.41, 5.74) is 0.761. The molecule has 7 nitrogen and oxygen atoms in total. The minimum atomic E-state index is -0.447. The van der Waals surface area contributed by atoms with Crippen LogP contribution >= 0.6 is 0 Å². The molecule has 0 unspecified atom stereocenters. The number of ether oxygens (including phenoxy) is 2. The first kappa shape index (κ1) is 19.6. The molecule has 0 atom stereocenters. The lowest BCUT2D eigenvalue weighted by Gasteiger charge is -2.13. The third-order valence-electron chi connectivity index (χ3n) is 3.24. The van der Waals surface area contributed by atoms with Crippen LogP contribution in [0.5, 0.6) is 0 Å². The summed E-state index contributed by atoms with van der Waals surface area (Å²) in [4.78, 5) is 21.7. The Morgan fingerprint density at radius 3 is 2.54 bits per heavy atom. The molecule has 0 radical (unpaired) electrons. The maximum atomic E-state index is 11.6. The molecule has 130 valence electrons. The van der Waals surface area contributed by atoms with E-state index >= 15 is 0 Å². The zero-order chi connectivity index (χ0) is 17.8. The summed E-state index contributed by atoms with van der Waals surface area (Å²) in [6, 6.07) is 6.06. The molecule has 1 amide bonds. The molecule has 24 heavy (non-hydrogen) atoms. The van der Waals surface area contributed by atoms with E-state index in [1.165, 1.54) is 12.1 Å². The Labute approximate surface area is 141 Å². The zero-order valence-electron chi connectivity index (χ0n) is 13.9. The summed E-state index contributed by atoms with van der Waals surface area (Å²) in [5.74, 6) is 5.85. The Morgan fingerprint density at radius 1 is 1.29 bits per heavy atom. The van der Waals surface area contributed by atoms with Crippen molar-refractivity contribution < 1.29 is 19.2 Å². The van der Waals surface area contributed by atoms with Crippen LogP contribution in [0.25, 0.3) is 0 Å². The topological polar surface area (TPSA) is 90.7 Å². The number of unbranched alkanes of at least 4 members (excludes halogenated alkanes) is 1. The number of hydrogen-bond donors (Lipinski definition) is 1. The number of carbonyl (C=O) groups is 1. The van der Waals surface area contributed by atoms with Crippen molar-refractivity contribution in [3.8, 4) is 11.8 Å². The number of nitrogens with zero attached hydrogens (tertiary/aromatic N) is 1. The van der Waals surface area contributed by atoms with Gasteiger partial charge in [0.2, 0.25) is 5.91 Å². The standard InChI is InChI=1S/C17H22N2O5/c1-23-17(24-2)12-13-18-16(20)7-5-3-4-6-14-8-10-15(11-9-14)19(21)22/h8-11,17H,3,5,7,12-13H2,1-2H3,(H,18,20). The van der Waals surface area contributed by atoms with Gasteiger partial charge < -0.3 is 14.8 Å². The van der Waals surface area contributed by atoms with E-state index in [1.54, 1.807) is 26.4 Å². The molecule has 7 heteroatoms. The lowest BCUT2D eigenvalue weighted by molar-refractivity contribution is -0.384. The highest BCUT2D eigenvalue weighted by molar-refractivity contribution is 5.75. The van der Waals surface area contributed by atoms with Gasteiger partial charge in [-0.15, -0.1) is 0 Å². The second kappa shape index (κ2) is 11.2. The Kier molecular flexibility index (Phi) is 9.12. The van der Waals surface area contributed by atoms with E-state index in [9.17, 15) is 14.9 Å². The first-order valence-corrected chi connectivity index (χ1v) is 7.62. The van der Waals surface area contributed by atoms with Gasteiger partial charge in [0.15, 0.2) is 6.29 Å². The van der Waals surface area contributed by atoms with Gasteiger partial charge in [-0.3, -0.25) is 14.9 Å². The summed E-state index contributed by atoms with van der Waals surface area (Å²) in [5, 5.41) is 13.3. The molecule has 0 saturated heterocycles. The zero-order valence-corrected chi connectivity index (χ0v) is 13.9. The first-order chi connectivity index (χ1) is 11.6. The van der Waals surface area contributed by atoms with Gasteiger partial charge in [0.25, 0.3) is 5.69 Å². The molecule has 0 aliphatic carbocycles. The molecule has 0 bridgehead atoms. The van der Waals surface area contributed by atoms with Crippen molar-refractivity contribution in [2.75, 3.05) is 20.8 Å². The van der Waals surface area contributed by atoms with E-state index in [2.05, 4.69) is 17.2 Å². The molecule has 0 fully saturated rings. The van der Waals surface area contributed by atoms with Crippen LogP contribution in [0.2, 0.25) is 0 Å². The predicted octanol–water partition coefficient (Wildman–Crippen LogP) is 2.24. The number of non-ortho nitro benzene ring substituents is 1. The Hall–Kier alpha value is -2.43. The summed E-state index contributed by atoms with van der Waals surface area (Å²) in [6.07, 6.45) is 1.93. The Bertz CT molecular complexity index is 585. The van der Waals surface area contributed by atoms with Gasteiger partial charge in [0.1, 0.15) is 0 Å². The number of hydrogen-bond acceptors (Lipinski definition) is 5. The average Bonchev–Trinajstić information content (AvgIpc) is 2.59. The maximum absolute atomic E-state index is 11.6. The molecular formula is C17H22N2O5. The highest BCUT2D eigenvalue weighted by Crippen LogP contribution is 2.11. The minimum absolute atomic E-state index is 0.0295. The van der Waals surface area contributed by atoms with E-state index < -0.39 is 4.92 Å². The Balaban J connectivity index is 2.21. The van der Waals surface area contributed by atoms with Crippen LogP contribution in [0.4, 0.5) is 5.69 Å². The number of nitro benzene ring substituents is 1. The Morgan fingerprint density at radius 2 is 1.96 bits per heavy atom. The fourth-order valence-corrected chi connectivity index (χ4v) is 1.92. The number of rotatable bonds is 9. The van der Waals surface area contributed by atoms with E-state index in [4.69, 9.17) is 9.47 Å². The summed E-state index contributed by atoms with van der Waals surface area (Å²) in [7, 11) is 3.11. The van der Waals surface area contributed by atoms with Crippen LogP contribution < -0.4 is 5.32 Å². The van der Waals surface area contributed by atoms with Crippen molar-refractivity contribution in [1.29, 1.82) is 0 Å². The van der Waals surface area contributed by atoms with Crippen LogP contribution in [0, 0.1) is 22.0 Å². The van der Waals surface area contributed by atoms with Gasteiger partial charge in [-0.05, 0) is 18.6 Å². The maximum Gasteiger partial charge on any atom is 0.269 e. The molecule has 0 aliphatic rings. The first-order valence-electron chi connectivity index (χ1n) is 7.62. The number of methoxy groups -OCH3 is 2. The van der Waals surface area contributed by atoms with Crippen molar-refractivity contribution >= 4 is 11.6 Å². The number of nitro groups is 1. The summed E-state index contributed by atoms with van der Waals surface area (Å²) in [6.45, 7) is 0.500. The quantitative estimate of drug-likeness (QED) is 0.246. The average molecular weight is 334 g/mol. The summed E-state index contributed by atoms with van der Waals surface area (Å²) >= 11 is 0. The summed E-state index contributed by atoms with van der Waals surface area (Å²) < 4.78 is 10.1. The largest absolute Gasteiger partial charge is 0.356 e. The predicted molar refractivity (Wildman–Crippen MR) is 89.3 cm³/mol. The molecule has 0 aliphatic heterocycles. The van der Waals surface area contributed by atoms with Gasteiger partial charge in [0, 0.05) is 57.7 Å². The van der Waals surface area contributed by atoms with Crippen molar-refractivity contribution in [3.05, 3.63) is 39.9 Å². The van der Waals surface area contributed by atoms with E-state index in [0.717, 1.165) is 5.56 Å². The number of amides is 1. The second-order valence-electron chi connectivity index (χ2n) is 5.00. The minimum Gasteiger partial charge on any atom is -0.356 e. The number of carbonyl (C=O) groups excluding carboxylic acids is 1. The third kappa shape index (κ3) is 7.72. The van der Waals surface area contributed by atoms with Crippen molar-refractivity contribution in [2.45, 2.75) is 32.0 Å². The molecule has 1 N–H and O–H groups in total. The van der Waals surface area contributed by atoms with Crippen LogP contribution in [0.3, 0.4) is 0 Å².